The Hall–Kier alpha value is -1.12. The number of hydrogen-bond acceptors (Lipinski definition) is 2. The topological polar surface area (TPSA) is 40.5 Å². The molecular formula is C10H18O2. The van der Waals surface area contributed by atoms with Crippen molar-refractivity contribution in [3.05, 3.63) is 50.6 Å². The second-order valence-electron chi connectivity index (χ2n) is 1.39. The summed E-state index contributed by atoms with van der Waals surface area (Å²) in [6.45, 7) is 13.2. The summed E-state index contributed by atoms with van der Waals surface area (Å²) in [5.74, 6) is 0. The molecule has 0 radical (unpaired) electrons. The summed E-state index contributed by atoms with van der Waals surface area (Å²) in [5, 5.41) is 15.2. The van der Waals surface area contributed by atoms with Gasteiger partial charge in [-0.25, -0.2) is 0 Å². The zero-order chi connectivity index (χ0) is 10.2. The number of aliphatic hydroxyl groups is 2. The molecule has 0 bridgehead atoms. The number of rotatable bonds is 3. The van der Waals surface area contributed by atoms with Crippen molar-refractivity contribution in [1.82, 2.24) is 0 Å². The smallest absolute Gasteiger partial charge is 0.0662 e. The highest BCUT2D eigenvalue weighted by Gasteiger charge is 1.58. The predicted octanol–water partition coefficient (Wildman–Crippen LogP) is 1.69. The Balaban J connectivity index is -0.000000101. The molecule has 0 heterocycles. The minimum absolute atomic E-state index is 0.125. The minimum Gasteiger partial charge on any atom is -0.394 e. The van der Waals surface area contributed by atoms with Gasteiger partial charge in [0.05, 0.1) is 13.2 Å². The molecule has 0 rings (SSSR count). The quantitative estimate of drug-likeness (QED) is 0.633. The van der Waals surface area contributed by atoms with Crippen molar-refractivity contribution in [1.29, 1.82) is 0 Å². The van der Waals surface area contributed by atoms with Gasteiger partial charge in [-0.3, -0.25) is 0 Å². The Morgan fingerprint density at radius 2 is 0.833 bits per heavy atom. The Bertz CT molecular complexity index is 80.4. The van der Waals surface area contributed by atoms with Crippen molar-refractivity contribution in [2.75, 3.05) is 13.2 Å². The van der Waals surface area contributed by atoms with E-state index in [0.717, 1.165) is 0 Å². The molecule has 0 aromatic heterocycles. The van der Waals surface area contributed by atoms with E-state index in [2.05, 4.69) is 26.3 Å². The van der Waals surface area contributed by atoms with Crippen molar-refractivity contribution < 1.29 is 10.2 Å². The Morgan fingerprint density at radius 3 is 0.833 bits per heavy atom. The largest absolute Gasteiger partial charge is 0.394 e. The van der Waals surface area contributed by atoms with E-state index < -0.39 is 0 Å². The van der Waals surface area contributed by atoms with Gasteiger partial charge in [-0.2, -0.15) is 0 Å². The van der Waals surface area contributed by atoms with E-state index in [1.165, 1.54) is 0 Å². The lowest BCUT2D eigenvalue weighted by molar-refractivity contribution is 0.186. The zero-order valence-electron chi connectivity index (χ0n) is 7.45. The highest BCUT2D eigenvalue weighted by Crippen LogP contribution is 1.53. The van der Waals surface area contributed by atoms with Gasteiger partial charge in [-0.1, -0.05) is 50.6 Å². The fourth-order valence-electron chi connectivity index (χ4n) is 0. The number of allylic oxidation sites excluding steroid dienone is 4. The van der Waals surface area contributed by atoms with E-state index in [1.807, 2.05) is 0 Å². The molecule has 0 aliphatic heterocycles. The SMILES string of the molecule is C=CC=C.C=CC=C.OCCO. The average molecular weight is 170 g/mol. The van der Waals surface area contributed by atoms with Crippen LogP contribution in [-0.2, 0) is 0 Å². The first-order valence-corrected chi connectivity index (χ1v) is 3.43. The molecule has 2 heteroatoms. The summed E-state index contributed by atoms with van der Waals surface area (Å²) >= 11 is 0. The molecule has 0 saturated carbocycles. The van der Waals surface area contributed by atoms with E-state index in [1.54, 1.807) is 24.3 Å². The van der Waals surface area contributed by atoms with E-state index in [4.69, 9.17) is 10.2 Å². The monoisotopic (exact) mass is 170 g/mol. The Kier molecular flexibility index (Phi) is 46.6. The first-order chi connectivity index (χ1) is 5.74. The molecule has 2 nitrogen and oxygen atoms in total. The fourth-order valence-corrected chi connectivity index (χ4v) is 0. The van der Waals surface area contributed by atoms with Crippen LogP contribution in [0.3, 0.4) is 0 Å². The van der Waals surface area contributed by atoms with E-state index in [-0.39, 0.29) is 13.2 Å². The molecular weight excluding hydrogens is 152 g/mol. The Morgan fingerprint density at radius 1 is 0.667 bits per heavy atom. The molecule has 2 N–H and O–H groups in total. The lowest BCUT2D eigenvalue weighted by Crippen LogP contribution is -1.85. The molecule has 12 heavy (non-hydrogen) atoms. The minimum atomic E-state index is -0.125. The summed E-state index contributed by atoms with van der Waals surface area (Å²) in [6.07, 6.45) is 6.56. The molecule has 0 aromatic carbocycles. The molecule has 0 saturated heterocycles. The first kappa shape index (κ1) is 17.1. The summed E-state index contributed by atoms with van der Waals surface area (Å²) < 4.78 is 0. The van der Waals surface area contributed by atoms with Crippen LogP contribution in [0, 0.1) is 0 Å². The third-order valence-corrected chi connectivity index (χ3v) is 0.433. The molecule has 0 atom stereocenters. The lowest BCUT2D eigenvalue weighted by Gasteiger charge is -1.70. The second-order valence-corrected chi connectivity index (χ2v) is 1.39. The number of aliphatic hydroxyl groups excluding tert-OH is 2. The van der Waals surface area contributed by atoms with Gasteiger partial charge in [-0.15, -0.1) is 0 Å². The van der Waals surface area contributed by atoms with Crippen LogP contribution in [0.25, 0.3) is 0 Å². The lowest BCUT2D eigenvalue weighted by atomic mass is 10.6. The molecule has 0 unspecified atom stereocenters. The maximum Gasteiger partial charge on any atom is 0.0662 e. The van der Waals surface area contributed by atoms with Gasteiger partial charge in [0.2, 0.25) is 0 Å². The van der Waals surface area contributed by atoms with Crippen LogP contribution in [0.5, 0.6) is 0 Å². The highest BCUT2D eigenvalue weighted by atomic mass is 16.3. The van der Waals surface area contributed by atoms with Crippen LogP contribution in [-0.4, -0.2) is 23.4 Å². The van der Waals surface area contributed by atoms with Gasteiger partial charge < -0.3 is 10.2 Å². The maximum atomic E-state index is 7.62. The van der Waals surface area contributed by atoms with Crippen LogP contribution in [0.1, 0.15) is 0 Å². The number of hydrogen-bond donors (Lipinski definition) is 2. The van der Waals surface area contributed by atoms with E-state index in [0.29, 0.717) is 0 Å². The van der Waals surface area contributed by atoms with Gasteiger partial charge in [0, 0.05) is 0 Å². The standard InChI is InChI=1S/2C4H6.C2H6O2/c2*1-3-4-2;3-1-2-4/h3*3-4H,1-2H2. The summed E-state index contributed by atoms with van der Waals surface area (Å²) in [4.78, 5) is 0. The van der Waals surface area contributed by atoms with Crippen LogP contribution >= 0.6 is 0 Å². The normalized spacial score (nSPS) is 5.83. The molecule has 0 amide bonds. The average Bonchev–Trinajstić information content (AvgIpc) is 2.18. The van der Waals surface area contributed by atoms with E-state index in [9.17, 15) is 0 Å². The van der Waals surface area contributed by atoms with Gasteiger partial charge >= 0.3 is 0 Å². The molecule has 0 fully saturated rings. The Labute approximate surface area is 74.9 Å². The molecule has 0 spiro atoms. The van der Waals surface area contributed by atoms with Crippen molar-refractivity contribution in [2.24, 2.45) is 0 Å². The molecule has 70 valence electrons. The third-order valence-electron chi connectivity index (χ3n) is 0.433. The van der Waals surface area contributed by atoms with Gasteiger partial charge in [0.15, 0.2) is 0 Å². The predicted molar refractivity (Wildman–Crippen MR) is 55.0 cm³/mol. The van der Waals surface area contributed by atoms with Gasteiger partial charge in [-0.05, 0) is 0 Å². The third kappa shape index (κ3) is 156. The van der Waals surface area contributed by atoms with Crippen molar-refractivity contribution >= 4 is 0 Å². The summed E-state index contributed by atoms with van der Waals surface area (Å²) in [5.41, 5.74) is 0. The molecule has 0 aliphatic rings. The molecule has 0 aromatic rings. The summed E-state index contributed by atoms with van der Waals surface area (Å²) in [7, 11) is 0. The maximum absolute atomic E-state index is 7.62. The first-order valence-electron chi connectivity index (χ1n) is 3.43. The van der Waals surface area contributed by atoms with E-state index >= 15 is 0 Å². The van der Waals surface area contributed by atoms with Crippen LogP contribution in [0.4, 0.5) is 0 Å². The van der Waals surface area contributed by atoms with Crippen LogP contribution in [0.2, 0.25) is 0 Å². The van der Waals surface area contributed by atoms with Gasteiger partial charge in [0.25, 0.3) is 0 Å². The second kappa shape index (κ2) is 32.7. The fraction of sp³-hybridized carbons (Fsp3) is 0.200. The van der Waals surface area contributed by atoms with Crippen molar-refractivity contribution in [2.45, 2.75) is 0 Å². The zero-order valence-corrected chi connectivity index (χ0v) is 7.45. The van der Waals surface area contributed by atoms with Crippen LogP contribution in [0.15, 0.2) is 50.6 Å². The van der Waals surface area contributed by atoms with Crippen molar-refractivity contribution in [3.8, 4) is 0 Å². The van der Waals surface area contributed by atoms with Crippen LogP contribution < -0.4 is 0 Å². The highest BCUT2D eigenvalue weighted by molar-refractivity contribution is 4.88. The molecule has 0 aliphatic carbocycles. The summed E-state index contributed by atoms with van der Waals surface area (Å²) in [6, 6.07) is 0. The van der Waals surface area contributed by atoms with Gasteiger partial charge in [0.1, 0.15) is 0 Å². The van der Waals surface area contributed by atoms with Crippen molar-refractivity contribution in [3.63, 3.8) is 0 Å².